The molecule has 1 atom stereocenters. The van der Waals surface area contributed by atoms with Crippen molar-refractivity contribution in [3.8, 4) is 0 Å². The highest BCUT2D eigenvalue weighted by atomic mass is 79.9. The van der Waals surface area contributed by atoms with Crippen LogP contribution in [0.25, 0.3) is 0 Å². The molecule has 128 valence electrons. The summed E-state index contributed by atoms with van der Waals surface area (Å²) >= 11 is 3.43. The molecule has 0 N–H and O–H groups in total. The maximum absolute atomic E-state index is 12.5. The third-order valence-electron chi connectivity index (χ3n) is 3.92. The van der Waals surface area contributed by atoms with Gasteiger partial charge in [0.15, 0.2) is 9.84 Å². The Morgan fingerprint density at radius 3 is 2.29 bits per heavy atom. The molecule has 0 aromatic heterocycles. The van der Waals surface area contributed by atoms with Gasteiger partial charge in [0.25, 0.3) is 0 Å². The van der Waals surface area contributed by atoms with Gasteiger partial charge in [0.2, 0.25) is 5.91 Å². The SMILES string of the molecule is CC(c1ccccc1)S(=O)(=O)CC(=O)N(C)Cc1ccccc1Br. The number of benzene rings is 2. The summed E-state index contributed by atoms with van der Waals surface area (Å²) in [7, 11) is -1.95. The molecule has 1 amide bonds. The molecule has 0 radical (unpaired) electrons. The predicted molar refractivity (Wildman–Crippen MR) is 99.3 cm³/mol. The van der Waals surface area contributed by atoms with Crippen molar-refractivity contribution in [2.24, 2.45) is 0 Å². The Labute approximate surface area is 151 Å². The molecule has 1 unspecified atom stereocenters. The summed E-state index contributed by atoms with van der Waals surface area (Å²) in [5.74, 6) is -0.905. The van der Waals surface area contributed by atoms with Crippen LogP contribution >= 0.6 is 15.9 Å². The van der Waals surface area contributed by atoms with Crippen LogP contribution in [0.1, 0.15) is 23.3 Å². The second-order valence-corrected chi connectivity index (χ2v) is 8.88. The highest BCUT2D eigenvalue weighted by Gasteiger charge is 2.27. The summed E-state index contributed by atoms with van der Waals surface area (Å²) in [6, 6.07) is 16.5. The molecule has 0 saturated heterocycles. The summed E-state index contributed by atoms with van der Waals surface area (Å²) in [6.07, 6.45) is 0. The minimum Gasteiger partial charge on any atom is -0.341 e. The Morgan fingerprint density at radius 2 is 1.67 bits per heavy atom. The average Bonchev–Trinajstić information content (AvgIpc) is 2.56. The zero-order valence-electron chi connectivity index (χ0n) is 13.6. The molecular weight excluding hydrogens is 390 g/mol. The number of halogens is 1. The first-order chi connectivity index (χ1) is 11.3. The molecule has 4 nitrogen and oxygen atoms in total. The molecule has 0 heterocycles. The van der Waals surface area contributed by atoms with Crippen LogP contribution in [0, 0.1) is 0 Å². The molecule has 0 aliphatic heterocycles. The lowest BCUT2D eigenvalue weighted by Gasteiger charge is -2.20. The molecule has 0 aliphatic rings. The van der Waals surface area contributed by atoms with Gasteiger partial charge in [0, 0.05) is 18.1 Å². The first-order valence-electron chi connectivity index (χ1n) is 7.55. The van der Waals surface area contributed by atoms with E-state index in [9.17, 15) is 13.2 Å². The van der Waals surface area contributed by atoms with Crippen LogP contribution in [0.5, 0.6) is 0 Å². The Kier molecular flexibility index (Phi) is 6.18. The normalized spacial score (nSPS) is 12.6. The third-order valence-corrected chi connectivity index (χ3v) is 6.70. The maximum atomic E-state index is 12.5. The zero-order valence-corrected chi connectivity index (χ0v) is 16.0. The summed E-state index contributed by atoms with van der Waals surface area (Å²) < 4.78 is 25.9. The van der Waals surface area contributed by atoms with E-state index in [0.29, 0.717) is 12.1 Å². The van der Waals surface area contributed by atoms with Gasteiger partial charge in [0.1, 0.15) is 5.75 Å². The van der Waals surface area contributed by atoms with Crippen LogP contribution in [-0.4, -0.2) is 32.0 Å². The highest BCUT2D eigenvalue weighted by molar-refractivity contribution is 9.10. The zero-order chi connectivity index (χ0) is 17.7. The van der Waals surface area contributed by atoms with E-state index >= 15 is 0 Å². The van der Waals surface area contributed by atoms with Gasteiger partial charge in [-0.05, 0) is 24.1 Å². The van der Waals surface area contributed by atoms with Crippen molar-refractivity contribution in [3.63, 3.8) is 0 Å². The quantitative estimate of drug-likeness (QED) is 0.732. The predicted octanol–water partition coefficient (Wildman–Crippen LogP) is 3.58. The lowest BCUT2D eigenvalue weighted by atomic mass is 10.2. The van der Waals surface area contributed by atoms with Crippen molar-refractivity contribution >= 4 is 31.7 Å². The summed E-state index contributed by atoms with van der Waals surface area (Å²) in [6.45, 7) is 1.97. The van der Waals surface area contributed by atoms with Gasteiger partial charge in [-0.1, -0.05) is 64.5 Å². The van der Waals surface area contributed by atoms with Crippen LogP contribution in [0.15, 0.2) is 59.1 Å². The lowest BCUT2D eigenvalue weighted by Crippen LogP contribution is -2.33. The number of hydrogen-bond donors (Lipinski definition) is 0. The number of sulfone groups is 1. The van der Waals surface area contributed by atoms with E-state index in [0.717, 1.165) is 10.0 Å². The molecule has 2 aromatic rings. The monoisotopic (exact) mass is 409 g/mol. The summed E-state index contributed by atoms with van der Waals surface area (Å²) in [5.41, 5.74) is 1.63. The van der Waals surface area contributed by atoms with Crippen LogP contribution in [0.2, 0.25) is 0 Å². The molecule has 0 bridgehead atoms. The Morgan fingerprint density at radius 1 is 1.08 bits per heavy atom. The third kappa shape index (κ3) is 4.68. The largest absolute Gasteiger partial charge is 0.341 e. The lowest BCUT2D eigenvalue weighted by molar-refractivity contribution is -0.127. The number of amides is 1. The van der Waals surface area contributed by atoms with Crippen molar-refractivity contribution in [2.75, 3.05) is 12.8 Å². The van der Waals surface area contributed by atoms with Gasteiger partial charge >= 0.3 is 0 Å². The number of hydrogen-bond acceptors (Lipinski definition) is 3. The van der Waals surface area contributed by atoms with Crippen molar-refractivity contribution in [3.05, 3.63) is 70.2 Å². The average molecular weight is 410 g/mol. The van der Waals surface area contributed by atoms with Crippen molar-refractivity contribution in [1.82, 2.24) is 4.90 Å². The van der Waals surface area contributed by atoms with Crippen LogP contribution in [-0.2, 0) is 21.2 Å². The van der Waals surface area contributed by atoms with Gasteiger partial charge < -0.3 is 4.90 Å². The van der Waals surface area contributed by atoms with E-state index < -0.39 is 26.7 Å². The van der Waals surface area contributed by atoms with E-state index in [2.05, 4.69) is 15.9 Å². The number of nitrogens with zero attached hydrogens (tertiary/aromatic N) is 1. The number of carbonyl (C=O) groups excluding carboxylic acids is 1. The molecule has 6 heteroatoms. The van der Waals surface area contributed by atoms with Gasteiger partial charge in [-0.2, -0.15) is 0 Å². The van der Waals surface area contributed by atoms with Crippen LogP contribution in [0.3, 0.4) is 0 Å². The van der Waals surface area contributed by atoms with E-state index in [-0.39, 0.29) is 0 Å². The van der Waals surface area contributed by atoms with E-state index in [1.807, 2.05) is 30.3 Å². The molecule has 0 fully saturated rings. The van der Waals surface area contributed by atoms with Gasteiger partial charge in [0.05, 0.1) is 5.25 Å². The molecule has 0 saturated carbocycles. The molecule has 0 spiro atoms. The minimum absolute atomic E-state index is 0.357. The van der Waals surface area contributed by atoms with Crippen molar-refractivity contribution in [1.29, 1.82) is 0 Å². The first kappa shape index (κ1) is 18.7. The van der Waals surface area contributed by atoms with Crippen molar-refractivity contribution < 1.29 is 13.2 Å². The highest BCUT2D eigenvalue weighted by Crippen LogP contribution is 2.23. The Balaban J connectivity index is 2.06. The number of carbonyl (C=O) groups is 1. The van der Waals surface area contributed by atoms with Crippen LogP contribution < -0.4 is 0 Å². The molecule has 24 heavy (non-hydrogen) atoms. The second kappa shape index (κ2) is 7.94. The Hall–Kier alpha value is -1.66. The van der Waals surface area contributed by atoms with Gasteiger partial charge in [-0.3, -0.25) is 4.79 Å². The molecule has 2 aromatic carbocycles. The fourth-order valence-electron chi connectivity index (χ4n) is 2.31. The maximum Gasteiger partial charge on any atom is 0.237 e. The van der Waals surface area contributed by atoms with Crippen LogP contribution in [0.4, 0.5) is 0 Å². The molecule has 0 aliphatic carbocycles. The fourth-order valence-corrected chi connectivity index (χ4v) is 4.11. The topological polar surface area (TPSA) is 54.5 Å². The fraction of sp³-hybridized carbons (Fsp3) is 0.278. The summed E-state index contributed by atoms with van der Waals surface area (Å²) in [5, 5.41) is -0.709. The van der Waals surface area contributed by atoms with Crippen molar-refractivity contribution in [2.45, 2.75) is 18.7 Å². The molecule has 2 rings (SSSR count). The summed E-state index contributed by atoms with van der Waals surface area (Å²) in [4.78, 5) is 13.8. The van der Waals surface area contributed by atoms with Gasteiger partial charge in [-0.15, -0.1) is 0 Å². The number of rotatable bonds is 6. The Bertz CT molecular complexity index is 806. The van der Waals surface area contributed by atoms with E-state index in [1.54, 1.807) is 38.2 Å². The molecular formula is C18H20BrNO3S. The van der Waals surface area contributed by atoms with E-state index in [4.69, 9.17) is 0 Å². The van der Waals surface area contributed by atoms with Gasteiger partial charge in [-0.25, -0.2) is 8.42 Å². The van der Waals surface area contributed by atoms with E-state index in [1.165, 1.54) is 4.90 Å². The first-order valence-corrected chi connectivity index (χ1v) is 10.1. The smallest absolute Gasteiger partial charge is 0.237 e. The standard InChI is InChI=1S/C18H20BrNO3S/c1-14(15-8-4-3-5-9-15)24(22,23)13-18(21)20(2)12-16-10-6-7-11-17(16)19/h3-11,14H,12-13H2,1-2H3. The second-order valence-electron chi connectivity index (χ2n) is 5.70. The minimum atomic E-state index is -3.56.